The van der Waals surface area contributed by atoms with Crippen LogP contribution < -0.4 is 0 Å². The van der Waals surface area contributed by atoms with E-state index in [1.165, 1.54) is 0 Å². The van der Waals surface area contributed by atoms with Gasteiger partial charge in [-0.25, -0.2) is 4.79 Å². The Kier molecular flexibility index (Phi) is 5.96. The summed E-state index contributed by atoms with van der Waals surface area (Å²) < 4.78 is 6.50. The number of hydrogen-bond acceptors (Lipinski definition) is 2. The van der Waals surface area contributed by atoms with Crippen molar-refractivity contribution < 1.29 is 14.0 Å². The molecule has 1 aromatic rings. The second-order valence-electron chi connectivity index (χ2n) is 5.12. The Morgan fingerprint density at radius 1 is 1.15 bits per heavy atom. The fraction of sp³-hybridized carbons (Fsp3) is 0.471. The van der Waals surface area contributed by atoms with Crippen molar-refractivity contribution in [3.63, 3.8) is 0 Å². The van der Waals surface area contributed by atoms with E-state index in [-0.39, 0.29) is 12.2 Å². The fourth-order valence-electron chi connectivity index (χ4n) is 2.48. The van der Waals surface area contributed by atoms with Crippen LogP contribution in [0.5, 0.6) is 0 Å². The number of quaternary nitrogens is 1. The van der Waals surface area contributed by atoms with Crippen molar-refractivity contribution in [2.75, 3.05) is 19.6 Å². The summed E-state index contributed by atoms with van der Waals surface area (Å²) in [4.78, 5) is 12.0. The molecule has 0 radical (unpaired) electrons. The van der Waals surface area contributed by atoms with Crippen LogP contribution in [0.4, 0.5) is 0 Å². The first-order valence-corrected chi connectivity index (χ1v) is 7.28. The maximum absolute atomic E-state index is 12.0. The number of carbonyl (C=O) groups is 1. The first-order valence-electron chi connectivity index (χ1n) is 7.28. The zero-order valence-corrected chi connectivity index (χ0v) is 13.1. The van der Waals surface area contributed by atoms with Crippen molar-refractivity contribution in [1.82, 2.24) is 0 Å². The summed E-state index contributed by atoms with van der Waals surface area (Å²) in [5.41, 5.74) is 1.47. The number of nitrogens with zero attached hydrogens (tertiary/aromatic N) is 1. The molecule has 0 spiro atoms. The molecular weight excluding hydrogens is 250 g/mol. The highest BCUT2D eigenvalue weighted by atomic mass is 16.6. The Labute approximate surface area is 122 Å². The maximum atomic E-state index is 12.0. The van der Waals surface area contributed by atoms with Crippen LogP contribution in [-0.4, -0.2) is 30.1 Å². The van der Waals surface area contributed by atoms with Crippen molar-refractivity contribution in [2.24, 2.45) is 0 Å². The highest BCUT2D eigenvalue weighted by molar-refractivity contribution is 5.87. The molecule has 0 bridgehead atoms. The molecule has 110 valence electrons. The summed E-state index contributed by atoms with van der Waals surface area (Å²) in [7, 11) is 0. The summed E-state index contributed by atoms with van der Waals surface area (Å²) in [5, 5.41) is 0. The zero-order valence-electron chi connectivity index (χ0n) is 13.1. The lowest BCUT2D eigenvalue weighted by Crippen LogP contribution is -2.51. The van der Waals surface area contributed by atoms with E-state index in [9.17, 15) is 4.79 Å². The summed E-state index contributed by atoms with van der Waals surface area (Å²) in [6, 6.07) is 9.97. The fourth-order valence-corrected chi connectivity index (χ4v) is 2.48. The summed E-state index contributed by atoms with van der Waals surface area (Å²) in [6.07, 6.45) is -0.277. The lowest BCUT2D eigenvalue weighted by Gasteiger charge is -2.41. The molecule has 0 N–H and O–H groups in total. The first kappa shape index (κ1) is 16.4. The van der Waals surface area contributed by atoms with Gasteiger partial charge in [-0.2, -0.15) is 0 Å². The lowest BCUT2D eigenvalue weighted by atomic mass is 10.1. The SMILES string of the molecule is C=C(C)C(=O)OC(c1ccccc1)[N+](CC)(CC)CC. The molecule has 3 heteroatoms. The summed E-state index contributed by atoms with van der Waals surface area (Å²) >= 11 is 0. The van der Waals surface area contributed by atoms with Crippen molar-refractivity contribution >= 4 is 5.97 Å². The smallest absolute Gasteiger partial charge is 0.337 e. The Morgan fingerprint density at radius 2 is 1.65 bits per heavy atom. The third-order valence-electron chi connectivity index (χ3n) is 4.04. The van der Waals surface area contributed by atoms with Gasteiger partial charge in [-0.05, 0) is 39.8 Å². The van der Waals surface area contributed by atoms with E-state index in [0.29, 0.717) is 5.57 Å². The number of carbonyl (C=O) groups excluding carboxylic acids is 1. The van der Waals surface area contributed by atoms with Crippen LogP contribution in [0.25, 0.3) is 0 Å². The molecule has 3 nitrogen and oxygen atoms in total. The van der Waals surface area contributed by atoms with Crippen LogP contribution in [0.15, 0.2) is 42.5 Å². The molecule has 0 saturated carbocycles. The highest BCUT2D eigenvalue weighted by Crippen LogP contribution is 2.30. The van der Waals surface area contributed by atoms with Crippen molar-refractivity contribution in [3.05, 3.63) is 48.0 Å². The minimum atomic E-state index is -0.322. The normalized spacial score (nSPS) is 12.8. The third kappa shape index (κ3) is 3.48. The molecule has 0 amide bonds. The van der Waals surface area contributed by atoms with Crippen molar-refractivity contribution in [1.29, 1.82) is 0 Å². The molecule has 0 aliphatic heterocycles. The highest BCUT2D eigenvalue weighted by Gasteiger charge is 2.37. The molecule has 0 aliphatic rings. The maximum Gasteiger partial charge on any atom is 0.337 e. The van der Waals surface area contributed by atoms with E-state index in [1.807, 2.05) is 30.3 Å². The van der Waals surface area contributed by atoms with E-state index < -0.39 is 0 Å². The van der Waals surface area contributed by atoms with Gasteiger partial charge in [0, 0.05) is 5.57 Å². The van der Waals surface area contributed by atoms with E-state index in [4.69, 9.17) is 4.74 Å². The Bertz CT molecular complexity index is 441. The molecule has 1 atom stereocenters. The number of ether oxygens (including phenoxy) is 1. The molecule has 0 heterocycles. The van der Waals surface area contributed by atoms with E-state index >= 15 is 0 Å². The quantitative estimate of drug-likeness (QED) is 0.329. The van der Waals surface area contributed by atoms with E-state index in [1.54, 1.807) is 6.92 Å². The van der Waals surface area contributed by atoms with Gasteiger partial charge >= 0.3 is 5.97 Å². The largest absolute Gasteiger partial charge is 0.404 e. The van der Waals surface area contributed by atoms with Crippen molar-refractivity contribution in [2.45, 2.75) is 33.9 Å². The van der Waals surface area contributed by atoms with Gasteiger partial charge < -0.3 is 4.74 Å². The van der Waals surface area contributed by atoms with Gasteiger partial charge in [-0.15, -0.1) is 0 Å². The standard InChI is InChI=1S/C17H26NO2/c1-6-18(7-2,8-3)16(20-17(19)14(4)5)15-12-10-9-11-13-15/h9-13,16H,4,6-8H2,1-3,5H3/q+1. The molecule has 1 rings (SSSR count). The van der Waals surface area contributed by atoms with Crippen LogP contribution in [0, 0.1) is 0 Å². The Morgan fingerprint density at radius 3 is 2.05 bits per heavy atom. The second-order valence-corrected chi connectivity index (χ2v) is 5.12. The molecule has 0 saturated heterocycles. The third-order valence-corrected chi connectivity index (χ3v) is 4.04. The van der Waals surface area contributed by atoms with Crippen LogP contribution in [-0.2, 0) is 9.53 Å². The molecule has 20 heavy (non-hydrogen) atoms. The van der Waals surface area contributed by atoms with Crippen LogP contribution in [0.2, 0.25) is 0 Å². The molecule has 0 aliphatic carbocycles. The van der Waals surface area contributed by atoms with Crippen LogP contribution >= 0.6 is 0 Å². The van der Waals surface area contributed by atoms with Crippen LogP contribution in [0.1, 0.15) is 39.5 Å². The van der Waals surface area contributed by atoms with Gasteiger partial charge in [0.05, 0.1) is 25.2 Å². The summed E-state index contributed by atoms with van der Waals surface area (Å²) in [5.74, 6) is -0.322. The van der Waals surface area contributed by atoms with Crippen LogP contribution in [0.3, 0.4) is 0 Å². The average molecular weight is 276 g/mol. The topological polar surface area (TPSA) is 26.3 Å². The minimum absolute atomic E-state index is 0.277. The Balaban J connectivity index is 3.20. The van der Waals surface area contributed by atoms with Crippen molar-refractivity contribution in [3.8, 4) is 0 Å². The van der Waals surface area contributed by atoms with Gasteiger partial charge in [0.1, 0.15) is 0 Å². The second kappa shape index (κ2) is 7.25. The average Bonchev–Trinajstić information content (AvgIpc) is 2.48. The summed E-state index contributed by atoms with van der Waals surface area (Å²) in [6.45, 7) is 14.5. The van der Waals surface area contributed by atoms with Gasteiger partial charge in [-0.1, -0.05) is 24.8 Å². The minimum Gasteiger partial charge on any atom is -0.404 e. The van der Waals surface area contributed by atoms with Gasteiger partial charge in [-0.3, -0.25) is 4.48 Å². The van der Waals surface area contributed by atoms with E-state index in [0.717, 1.165) is 29.7 Å². The van der Waals surface area contributed by atoms with Gasteiger partial charge in [0.25, 0.3) is 6.23 Å². The van der Waals surface area contributed by atoms with Gasteiger partial charge in [0.2, 0.25) is 0 Å². The molecule has 1 unspecified atom stereocenters. The number of benzene rings is 1. The first-order chi connectivity index (χ1) is 9.50. The number of hydrogen-bond donors (Lipinski definition) is 0. The number of rotatable bonds is 7. The monoisotopic (exact) mass is 276 g/mol. The molecule has 0 aromatic heterocycles. The number of esters is 1. The predicted molar refractivity (Wildman–Crippen MR) is 82.0 cm³/mol. The lowest BCUT2D eigenvalue weighted by molar-refractivity contribution is -0.971. The zero-order chi connectivity index (χ0) is 15.2. The van der Waals surface area contributed by atoms with Gasteiger partial charge in [0.15, 0.2) is 0 Å². The molecule has 0 fully saturated rings. The van der Waals surface area contributed by atoms with E-state index in [2.05, 4.69) is 27.4 Å². The molecule has 1 aromatic carbocycles. The molecular formula is C17H26NO2+. The Hall–Kier alpha value is -1.61. The predicted octanol–water partition coefficient (Wildman–Crippen LogP) is 3.68.